The van der Waals surface area contributed by atoms with E-state index in [4.69, 9.17) is 0 Å². The van der Waals surface area contributed by atoms with Gasteiger partial charge in [0.05, 0.1) is 10.9 Å². The molecule has 0 aliphatic rings. The predicted molar refractivity (Wildman–Crippen MR) is 80.2 cm³/mol. The minimum absolute atomic E-state index is 0.0171. The standard InChI is InChI=1S/C15H23NO3S/c1-6-13(16-14(17)15(2,3)4)11-7-9-12(10-8-11)20(5,18)19/h7-10,13H,6H2,1-5H3,(H,16,17). The van der Waals surface area contributed by atoms with Gasteiger partial charge in [0.25, 0.3) is 0 Å². The highest BCUT2D eigenvalue weighted by Gasteiger charge is 2.24. The molecule has 5 heteroatoms. The molecule has 0 radical (unpaired) electrons. The minimum Gasteiger partial charge on any atom is -0.349 e. The van der Waals surface area contributed by atoms with E-state index in [2.05, 4.69) is 5.32 Å². The summed E-state index contributed by atoms with van der Waals surface area (Å²) in [6, 6.07) is 6.57. The van der Waals surface area contributed by atoms with Crippen LogP contribution in [-0.4, -0.2) is 20.6 Å². The van der Waals surface area contributed by atoms with Crippen LogP contribution in [0.5, 0.6) is 0 Å². The maximum atomic E-state index is 12.0. The molecule has 1 aromatic carbocycles. The number of carbonyl (C=O) groups excluding carboxylic acids is 1. The van der Waals surface area contributed by atoms with Crippen molar-refractivity contribution in [3.63, 3.8) is 0 Å². The maximum absolute atomic E-state index is 12.0. The van der Waals surface area contributed by atoms with E-state index in [1.165, 1.54) is 6.26 Å². The molecule has 1 atom stereocenters. The second-order valence-electron chi connectivity index (χ2n) is 6.03. The summed E-state index contributed by atoms with van der Waals surface area (Å²) >= 11 is 0. The minimum atomic E-state index is -3.19. The third kappa shape index (κ3) is 4.34. The Hall–Kier alpha value is -1.36. The fourth-order valence-electron chi connectivity index (χ4n) is 1.74. The second kappa shape index (κ2) is 5.95. The highest BCUT2D eigenvalue weighted by atomic mass is 32.2. The summed E-state index contributed by atoms with van der Waals surface area (Å²) < 4.78 is 22.8. The van der Waals surface area contributed by atoms with E-state index in [0.717, 1.165) is 12.0 Å². The number of amides is 1. The van der Waals surface area contributed by atoms with Gasteiger partial charge in [0.15, 0.2) is 9.84 Å². The first-order chi connectivity index (χ1) is 9.05. The van der Waals surface area contributed by atoms with Gasteiger partial charge in [0, 0.05) is 11.7 Å². The second-order valence-corrected chi connectivity index (χ2v) is 8.04. The normalized spacial score (nSPS) is 13.8. The number of benzene rings is 1. The lowest BCUT2D eigenvalue weighted by Gasteiger charge is -2.24. The first-order valence-corrected chi connectivity index (χ1v) is 8.56. The number of rotatable bonds is 4. The highest BCUT2D eigenvalue weighted by Crippen LogP contribution is 2.22. The molecule has 0 fully saturated rings. The first kappa shape index (κ1) is 16.7. The lowest BCUT2D eigenvalue weighted by molar-refractivity contribution is -0.129. The molecule has 4 nitrogen and oxygen atoms in total. The smallest absolute Gasteiger partial charge is 0.225 e. The SMILES string of the molecule is CCC(NC(=O)C(C)(C)C)c1ccc(S(C)(=O)=O)cc1. The molecule has 1 unspecified atom stereocenters. The maximum Gasteiger partial charge on any atom is 0.225 e. The molecule has 1 aromatic rings. The average Bonchev–Trinajstić information content (AvgIpc) is 2.33. The van der Waals surface area contributed by atoms with Crippen LogP contribution in [0.3, 0.4) is 0 Å². The zero-order valence-corrected chi connectivity index (χ0v) is 13.5. The van der Waals surface area contributed by atoms with Crippen LogP contribution in [-0.2, 0) is 14.6 Å². The van der Waals surface area contributed by atoms with Crippen LogP contribution in [0.15, 0.2) is 29.2 Å². The molecule has 0 aromatic heterocycles. The van der Waals surface area contributed by atoms with Crippen molar-refractivity contribution < 1.29 is 13.2 Å². The van der Waals surface area contributed by atoms with Crippen LogP contribution < -0.4 is 5.32 Å². The Kier molecular flexibility index (Phi) is 4.97. The monoisotopic (exact) mass is 297 g/mol. The predicted octanol–water partition coefficient (Wildman–Crippen LogP) is 2.70. The molecule has 0 aliphatic carbocycles. The van der Waals surface area contributed by atoms with Crippen molar-refractivity contribution in [2.24, 2.45) is 5.41 Å². The van der Waals surface area contributed by atoms with Gasteiger partial charge in [0.1, 0.15) is 0 Å². The van der Waals surface area contributed by atoms with Crippen molar-refractivity contribution in [1.82, 2.24) is 5.32 Å². The Morgan fingerprint density at radius 1 is 1.20 bits per heavy atom. The molecule has 1 N–H and O–H groups in total. The molecule has 0 bridgehead atoms. The molecule has 112 valence electrons. The Bertz CT molecular complexity index is 568. The molecule has 20 heavy (non-hydrogen) atoms. The van der Waals surface area contributed by atoms with Crippen molar-refractivity contribution >= 4 is 15.7 Å². The summed E-state index contributed by atoms with van der Waals surface area (Å²) in [6.45, 7) is 7.57. The number of hydrogen-bond donors (Lipinski definition) is 1. The van der Waals surface area contributed by atoms with E-state index in [9.17, 15) is 13.2 Å². The fraction of sp³-hybridized carbons (Fsp3) is 0.533. The summed E-state index contributed by atoms with van der Waals surface area (Å²) in [5, 5.41) is 2.99. The van der Waals surface area contributed by atoms with Gasteiger partial charge in [-0.05, 0) is 24.1 Å². The van der Waals surface area contributed by atoms with E-state index >= 15 is 0 Å². The van der Waals surface area contributed by atoms with Crippen molar-refractivity contribution in [2.75, 3.05) is 6.26 Å². The largest absolute Gasteiger partial charge is 0.349 e. The Morgan fingerprint density at radius 2 is 1.70 bits per heavy atom. The van der Waals surface area contributed by atoms with Gasteiger partial charge >= 0.3 is 0 Å². The highest BCUT2D eigenvalue weighted by molar-refractivity contribution is 7.90. The average molecular weight is 297 g/mol. The van der Waals surface area contributed by atoms with Gasteiger partial charge in [0.2, 0.25) is 5.91 Å². The molecule has 1 amide bonds. The van der Waals surface area contributed by atoms with Crippen LogP contribution in [0.2, 0.25) is 0 Å². The van der Waals surface area contributed by atoms with Crippen molar-refractivity contribution in [1.29, 1.82) is 0 Å². The topological polar surface area (TPSA) is 63.2 Å². The van der Waals surface area contributed by atoms with Gasteiger partial charge in [-0.3, -0.25) is 4.79 Å². The van der Waals surface area contributed by atoms with Crippen molar-refractivity contribution in [3.05, 3.63) is 29.8 Å². The van der Waals surface area contributed by atoms with Crippen LogP contribution in [0, 0.1) is 5.41 Å². The fourth-order valence-corrected chi connectivity index (χ4v) is 2.37. The van der Waals surface area contributed by atoms with Crippen LogP contribution >= 0.6 is 0 Å². The third-order valence-electron chi connectivity index (χ3n) is 3.11. The van der Waals surface area contributed by atoms with E-state index < -0.39 is 15.3 Å². The van der Waals surface area contributed by atoms with Gasteiger partial charge in [-0.2, -0.15) is 0 Å². The molecule has 0 heterocycles. The van der Waals surface area contributed by atoms with Crippen LogP contribution in [0.25, 0.3) is 0 Å². The summed E-state index contributed by atoms with van der Waals surface area (Å²) in [7, 11) is -3.19. The van der Waals surface area contributed by atoms with Gasteiger partial charge in [-0.1, -0.05) is 39.8 Å². The Balaban J connectivity index is 2.94. The summed E-state index contributed by atoms with van der Waals surface area (Å²) in [5.74, 6) is -0.0171. The number of sulfone groups is 1. The summed E-state index contributed by atoms with van der Waals surface area (Å²) in [6.07, 6.45) is 1.93. The zero-order valence-electron chi connectivity index (χ0n) is 12.7. The molecule has 0 aliphatic heterocycles. The molecular weight excluding hydrogens is 274 g/mol. The lowest BCUT2D eigenvalue weighted by atomic mass is 9.94. The van der Waals surface area contributed by atoms with E-state index in [0.29, 0.717) is 4.90 Å². The van der Waals surface area contributed by atoms with E-state index in [1.54, 1.807) is 24.3 Å². The quantitative estimate of drug-likeness (QED) is 0.929. The van der Waals surface area contributed by atoms with Gasteiger partial charge < -0.3 is 5.32 Å². The van der Waals surface area contributed by atoms with Crippen LogP contribution in [0.1, 0.15) is 45.7 Å². The van der Waals surface area contributed by atoms with Gasteiger partial charge in [-0.15, -0.1) is 0 Å². The molecule has 0 spiro atoms. The molecule has 0 saturated heterocycles. The van der Waals surface area contributed by atoms with Crippen LogP contribution in [0.4, 0.5) is 0 Å². The molecular formula is C15H23NO3S. The van der Waals surface area contributed by atoms with E-state index in [1.807, 2.05) is 27.7 Å². The zero-order chi connectivity index (χ0) is 15.6. The summed E-state index contributed by atoms with van der Waals surface area (Å²) in [4.78, 5) is 12.3. The molecule has 1 rings (SSSR count). The van der Waals surface area contributed by atoms with Crippen molar-refractivity contribution in [2.45, 2.75) is 45.1 Å². The van der Waals surface area contributed by atoms with Crippen molar-refractivity contribution in [3.8, 4) is 0 Å². The summed E-state index contributed by atoms with van der Waals surface area (Å²) in [5.41, 5.74) is 0.470. The van der Waals surface area contributed by atoms with Gasteiger partial charge in [-0.25, -0.2) is 8.42 Å². The number of hydrogen-bond acceptors (Lipinski definition) is 3. The Morgan fingerprint density at radius 3 is 2.05 bits per heavy atom. The number of carbonyl (C=O) groups is 1. The van der Waals surface area contributed by atoms with E-state index in [-0.39, 0.29) is 11.9 Å². The first-order valence-electron chi connectivity index (χ1n) is 6.66. The third-order valence-corrected chi connectivity index (χ3v) is 4.23. The Labute approximate surface area is 121 Å². The number of nitrogens with one attached hydrogen (secondary N) is 1. The molecule has 0 saturated carbocycles. The lowest BCUT2D eigenvalue weighted by Crippen LogP contribution is -2.37.